The molecular formula is C18H21N3O2. The topological polar surface area (TPSA) is 70.2 Å². The summed E-state index contributed by atoms with van der Waals surface area (Å²) in [6, 6.07) is 15.1. The third-order valence-corrected chi connectivity index (χ3v) is 3.20. The van der Waals surface area contributed by atoms with Crippen LogP contribution in [0.15, 0.2) is 48.5 Å². The van der Waals surface area contributed by atoms with Crippen molar-refractivity contribution in [2.75, 3.05) is 22.5 Å². The van der Waals surface area contributed by atoms with Gasteiger partial charge in [-0.1, -0.05) is 23.8 Å². The number of aryl methyl sites for hydroxylation is 1. The van der Waals surface area contributed by atoms with Gasteiger partial charge in [0.1, 0.15) is 0 Å². The lowest BCUT2D eigenvalue weighted by molar-refractivity contribution is -0.116. The van der Waals surface area contributed by atoms with E-state index in [2.05, 4.69) is 16.0 Å². The van der Waals surface area contributed by atoms with E-state index in [1.165, 1.54) is 12.5 Å². The van der Waals surface area contributed by atoms with E-state index in [0.29, 0.717) is 24.3 Å². The number of hydrogen-bond donors (Lipinski definition) is 3. The van der Waals surface area contributed by atoms with Crippen LogP contribution in [0.2, 0.25) is 0 Å². The zero-order chi connectivity index (χ0) is 16.7. The second kappa shape index (κ2) is 7.98. The highest BCUT2D eigenvalue weighted by Crippen LogP contribution is 2.15. The van der Waals surface area contributed by atoms with Gasteiger partial charge in [0.15, 0.2) is 0 Å². The lowest BCUT2D eigenvalue weighted by atomic mass is 10.2. The molecule has 0 aromatic heterocycles. The smallest absolute Gasteiger partial charge is 0.226 e. The van der Waals surface area contributed by atoms with Crippen LogP contribution in [0.5, 0.6) is 0 Å². The van der Waals surface area contributed by atoms with Gasteiger partial charge in [-0.3, -0.25) is 9.59 Å². The average Bonchev–Trinajstić information content (AvgIpc) is 2.49. The first-order valence-electron chi connectivity index (χ1n) is 7.51. The Morgan fingerprint density at radius 2 is 1.57 bits per heavy atom. The molecule has 5 nitrogen and oxygen atoms in total. The quantitative estimate of drug-likeness (QED) is 0.766. The highest BCUT2D eigenvalue weighted by atomic mass is 16.2. The summed E-state index contributed by atoms with van der Waals surface area (Å²) < 4.78 is 0. The highest BCUT2D eigenvalue weighted by Gasteiger charge is 2.03. The first kappa shape index (κ1) is 16.5. The Hall–Kier alpha value is -2.82. The lowest BCUT2D eigenvalue weighted by Crippen LogP contribution is -2.16. The van der Waals surface area contributed by atoms with Gasteiger partial charge in [0.25, 0.3) is 0 Å². The molecule has 0 fully saturated rings. The molecule has 3 N–H and O–H groups in total. The summed E-state index contributed by atoms with van der Waals surface area (Å²) in [6.45, 7) is 4.04. The van der Waals surface area contributed by atoms with E-state index in [4.69, 9.17) is 0 Å². The lowest BCUT2D eigenvalue weighted by Gasteiger charge is -2.09. The summed E-state index contributed by atoms with van der Waals surface area (Å²) in [5.74, 6) is -0.222. The molecule has 2 aromatic carbocycles. The normalized spacial score (nSPS) is 10.0. The number of carbonyl (C=O) groups is 2. The molecule has 0 saturated carbocycles. The Bertz CT molecular complexity index is 681. The fourth-order valence-corrected chi connectivity index (χ4v) is 2.09. The number of anilines is 3. The van der Waals surface area contributed by atoms with Crippen LogP contribution < -0.4 is 16.0 Å². The van der Waals surface area contributed by atoms with Crippen LogP contribution >= 0.6 is 0 Å². The average molecular weight is 311 g/mol. The summed E-state index contributed by atoms with van der Waals surface area (Å²) in [5.41, 5.74) is 3.52. The van der Waals surface area contributed by atoms with Crippen molar-refractivity contribution in [2.24, 2.45) is 0 Å². The summed E-state index contributed by atoms with van der Waals surface area (Å²) in [7, 11) is 0. The van der Waals surface area contributed by atoms with Crippen LogP contribution in [0.1, 0.15) is 18.9 Å². The van der Waals surface area contributed by atoms with E-state index in [0.717, 1.165) is 5.69 Å². The summed E-state index contributed by atoms with van der Waals surface area (Å²) >= 11 is 0. The van der Waals surface area contributed by atoms with Gasteiger partial charge < -0.3 is 16.0 Å². The van der Waals surface area contributed by atoms with Crippen molar-refractivity contribution < 1.29 is 9.59 Å². The number of hydrogen-bond acceptors (Lipinski definition) is 3. The predicted octanol–water partition coefficient (Wildman–Crippen LogP) is 3.39. The molecule has 5 heteroatoms. The van der Waals surface area contributed by atoms with Gasteiger partial charge in [-0.2, -0.15) is 0 Å². The molecule has 0 atom stereocenters. The SMILES string of the molecule is CC(=O)Nc1cccc(NC(=O)CCNc2ccc(C)cc2)c1. The molecular weight excluding hydrogens is 290 g/mol. The predicted molar refractivity (Wildman–Crippen MR) is 93.7 cm³/mol. The Balaban J connectivity index is 1.80. The number of benzene rings is 2. The van der Waals surface area contributed by atoms with Gasteiger partial charge in [-0.25, -0.2) is 0 Å². The van der Waals surface area contributed by atoms with Crippen molar-refractivity contribution in [3.63, 3.8) is 0 Å². The number of amides is 2. The molecule has 2 aromatic rings. The third kappa shape index (κ3) is 5.82. The number of nitrogens with one attached hydrogen (secondary N) is 3. The molecule has 0 aliphatic heterocycles. The molecule has 0 unspecified atom stereocenters. The van der Waals surface area contributed by atoms with Gasteiger partial charge in [-0.05, 0) is 37.3 Å². The molecule has 2 rings (SSSR count). The minimum absolute atomic E-state index is 0.0791. The second-order valence-electron chi connectivity index (χ2n) is 5.35. The van der Waals surface area contributed by atoms with Gasteiger partial charge in [0.05, 0.1) is 0 Å². The van der Waals surface area contributed by atoms with Gasteiger partial charge in [0.2, 0.25) is 11.8 Å². The van der Waals surface area contributed by atoms with E-state index < -0.39 is 0 Å². The van der Waals surface area contributed by atoms with Crippen LogP contribution in [0.4, 0.5) is 17.1 Å². The Labute approximate surface area is 136 Å². The first-order valence-corrected chi connectivity index (χ1v) is 7.51. The maximum absolute atomic E-state index is 12.0. The summed E-state index contributed by atoms with van der Waals surface area (Å²) in [5, 5.41) is 8.71. The minimum atomic E-state index is -0.143. The van der Waals surface area contributed by atoms with Gasteiger partial charge in [-0.15, -0.1) is 0 Å². The molecule has 0 bridgehead atoms. The zero-order valence-corrected chi connectivity index (χ0v) is 13.3. The molecule has 23 heavy (non-hydrogen) atoms. The second-order valence-corrected chi connectivity index (χ2v) is 5.35. The monoisotopic (exact) mass is 311 g/mol. The van der Waals surface area contributed by atoms with Gasteiger partial charge >= 0.3 is 0 Å². The molecule has 120 valence electrons. The van der Waals surface area contributed by atoms with Crippen LogP contribution in [-0.4, -0.2) is 18.4 Å². The zero-order valence-electron chi connectivity index (χ0n) is 13.3. The molecule has 0 saturated heterocycles. The van der Waals surface area contributed by atoms with E-state index in [9.17, 15) is 9.59 Å². The Morgan fingerprint density at radius 3 is 2.22 bits per heavy atom. The van der Waals surface area contributed by atoms with Crippen molar-refractivity contribution in [1.29, 1.82) is 0 Å². The Kier molecular flexibility index (Phi) is 5.74. The maximum Gasteiger partial charge on any atom is 0.226 e. The largest absolute Gasteiger partial charge is 0.385 e. The first-order chi connectivity index (χ1) is 11.0. The van der Waals surface area contributed by atoms with Crippen molar-refractivity contribution >= 4 is 28.9 Å². The van der Waals surface area contributed by atoms with Crippen molar-refractivity contribution in [2.45, 2.75) is 20.3 Å². The van der Waals surface area contributed by atoms with Crippen molar-refractivity contribution in [3.05, 3.63) is 54.1 Å². The van der Waals surface area contributed by atoms with Crippen LogP contribution in [0.25, 0.3) is 0 Å². The standard InChI is InChI=1S/C18H21N3O2/c1-13-6-8-15(9-7-13)19-11-10-18(23)21-17-5-3-4-16(12-17)20-14(2)22/h3-9,12,19H,10-11H2,1-2H3,(H,20,22)(H,21,23). The van der Waals surface area contributed by atoms with Gasteiger partial charge in [0, 0.05) is 37.0 Å². The van der Waals surface area contributed by atoms with Crippen LogP contribution in [-0.2, 0) is 9.59 Å². The molecule has 0 heterocycles. The van der Waals surface area contributed by atoms with E-state index in [1.54, 1.807) is 24.3 Å². The highest BCUT2D eigenvalue weighted by molar-refractivity contribution is 5.93. The molecule has 0 radical (unpaired) electrons. The minimum Gasteiger partial charge on any atom is -0.385 e. The Morgan fingerprint density at radius 1 is 0.913 bits per heavy atom. The molecule has 2 amide bonds. The fourth-order valence-electron chi connectivity index (χ4n) is 2.09. The molecule has 0 spiro atoms. The van der Waals surface area contributed by atoms with E-state index >= 15 is 0 Å². The molecule has 0 aliphatic carbocycles. The third-order valence-electron chi connectivity index (χ3n) is 3.20. The number of rotatable bonds is 6. The summed E-state index contributed by atoms with van der Waals surface area (Å²) in [4.78, 5) is 23.0. The fraction of sp³-hybridized carbons (Fsp3) is 0.222. The van der Waals surface area contributed by atoms with Crippen LogP contribution in [0, 0.1) is 6.92 Å². The van der Waals surface area contributed by atoms with E-state index in [-0.39, 0.29) is 11.8 Å². The van der Waals surface area contributed by atoms with Crippen molar-refractivity contribution in [1.82, 2.24) is 0 Å². The molecule has 0 aliphatic rings. The van der Waals surface area contributed by atoms with Crippen molar-refractivity contribution in [3.8, 4) is 0 Å². The number of carbonyl (C=O) groups excluding carboxylic acids is 2. The maximum atomic E-state index is 12.0. The van der Waals surface area contributed by atoms with E-state index in [1.807, 2.05) is 31.2 Å². The van der Waals surface area contributed by atoms with Crippen LogP contribution in [0.3, 0.4) is 0 Å². The summed E-state index contributed by atoms with van der Waals surface area (Å²) in [6.07, 6.45) is 0.359.